The number of fused-ring (bicyclic) bond motifs is 6. The number of carbonyl (C=O) groups excluding carboxylic acids is 1. The summed E-state index contributed by atoms with van der Waals surface area (Å²) in [5.41, 5.74) is 1.33. The molecule has 108 valence electrons. The molecule has 2 aliphatic rings. The summed E-state index contributed by atoms with van der Waals surface area (Å²) in [7, 11) is 0. The number of carboxylic acid groups (broad SMARTS) is 1. The van der Waals surface area contributed by atoms with Gasteiger partial charge in [-0.3, -0.25) is 0 Å². The van der Waals surface area contributed by atoms with Crippen molar-refractivity contribution in [1.29, 1.82) is 0 Å². The van der Waals surface area contributed by atoms with Gasteiger partial charge in [0.2, 0.25) is 0 Å². The van der Waals surface area contributed by atoms with Crippen LogP contribution in [0.5, 0.6) is 0 Å². The van der Waals surface area contributed by atoms with Gasteiger partial charge in [0.15, 0.2) is 0 Å². The first-order chi connectivity index (χ1) is 9.84. The van der Waals surface area contributed by atoms with E-state index in [1.807, 2.05) is 38.1 Å². The Labute approximate surface area is 172 Å². The van der Waals surface area contributed by atoms with E-state index in [0.717, 1.165) is 23.1 Å². The molecule has 4 rings (SSSR count). The first kappa shape index (κ1) is 16.5. The molecule has 5 heteroatoms. The molecule has 2 aliphatic carbocycles. The van der Waals surface area contributed by atoms with Crippen molar-refractivity contribution in [2.75, 3.05) is 0 Å². The maximum Gasteiger partial charge on any atom is 1.00 e. The fraction of sp³-hybridized carbons (Fsp3) is 0.471. The molecule has 0 amide bonds. The number of hydrogen-bond donors (Lipinski definition) is 0. The molecule has 4 nitrogen and oxygen atoms in total. The third kappa shape index (κ3) is 1.59. The van der Waals surface area contributed by atoms with Gasteiger partial charge in [-0.1, -0.05) is 32.9 Å². The molecule has 0 aliphatic heterocycles. The minimum Gasteiger partial charge on any atom is -0.549 e. The number of carboxylic acids is 1. The molecular weight excluding hydrogens is 303 g/mol. The molecule has 0 spiro atoms. The summed E-state index contributed by atoms with van der Waals surface area (Å²) in [6.07, 6.45) is 1.40. The van der Waals surface area contributed by atoms with Crippen LogP contribution in [0.25, 0.3) is 11.0 Å². The van der Waals surface area contributed by atoms with E-state index in [1.165, 1.54) is 0 Å². The molecule has 0 N–H and O–H groups in total. The number of rotatable bonds is 1. The minimum absolute atomic E-state index is 0. The second kappa shape index (κ2) is 4.83. The maximum atomic E-state index is 12.1. The van der Waals surface area contributed by atoms with Crippen LogP contribution in [0.4, 0.5) is 0 Å². The van der Waals surface area contributed by atoms with E-state index in [2.05, 4.69) is 11.9 Å². The van der Waals surface area contributed by atoms with Crippen LogP contribution in [0.3, 0.4) is 0 Å². The number of aliphatic carboxylic acids is 1. The van der Waals surface area contributed by atoms with Crippen LogP contribution in [0, 0.1) is 5.41 Å². The van der Waals surface area contributed by atoms with Crippen molar-refractivity contribution in [2.24, 2.45) is 5.41 Å². The summed E-state index contributed by atoms with van der Waals surface area (Å²) < 4.78 is 0. The maximum absolute atomic E-state index is 12.1. The SMILES string of the molecule is CC12CCC(C(=O)[O-])(c3nc4ccccc4nc31)C2(C)C.[K+]. The zero-order chi connectivity index (χ0) is 15.0. The fourth-order valence-electron chi connectivity index (χ4n) is 4.50. The Bertz CT molecular complexity index is 804. The van der Waals surface area contributed by atoms with Crippen molar-refractivity contribution in [3.8, 4) is 0 Å². The predicted molar refractivity (Wildman–Crippen MR) is 76.6 cm³/mol. The summed E-state index contributed by atoms with van der Waals surface area (Å²) in [4.78, 5) is 21.5. The van der Waals surface area contributed by atoms with Crippen molar-refractivity contribution < 1.29 is 61.3 Å². The Balaban J connectivity index is 0.00000144. The van der Waals surface area contributed by atoms with Crippen molar-refractivity contribution in [1.82, 2.24) is 9.97 Å². The number of aromatic nitrogens is 2. The van der Waals surface area contributed by atoms with Gasteiger partial charge < -0.3 is 9.90 Å². The molecule has 2 atom stereocenters. The van der Waals surface area contributed by atoms with Gasteiger partial charge in [0, 0.05) is 5.41 Å². The quantitative estimate of drug-likeness (QED) is 0.614. The van der Waals surface area contributed by atoms with Crippen LogP contribution in [-0.2, 0) is 15.6 Å². The summed E-state index contributed by atoms with van der Waals surface area (Å²) in [5.74, 6) is -1.01. The molecule has 22 heavy (non-hydrogen) atoms. The topological polar surface area (TPSA) is 65.9 Å². The van der Waals surface area contributed by atoms with Gasteiger partial charge in [-0.2, -0.15) is 0 Å². The average Bonchev–Trinajstić information content (AvgIpc) is 2.74. The zero-order valence-electron chi connectivity index (χ0n) is 13.4. The van der Waals surface area contributed by atoms with E-state index in [4.69, 9.17) is 4.98 Å². The monoisotopic (exact) mass is 320 g/mol. The summed E-state index contributed by atoms with van der Waals surface area (Å²) in [6, 6.07) is 7.64. The van der Waals surface area contributed by atoms with Gasteiger partial charge in [0.1, 0.15) is 0 Å². The van der Waals surface area contributed by atoms with Crippen molar-refractivity contribution in [3.63, 3.8) is 0 Å². The number of para-hydroxylation sites is 2. The smallest absolute Gasteiger partial charge is 0.549 e. The van der Waals surface area contributed by atoms with Crippen molar-refractivity contribution in [3.05, 3.63) is 35.7 Å². The third-order valence-electron chi connectivity index (χ3n) is 6.29. The molecule has 1 aromatic heterocycles. The molecule has 1 heterocycles. The van der Waals surface area contributed by atoms with Gasteiger partial charge in [0.25, 0.3) is 0 Å². The normalized spacial score (nSPS) is 30.9. The van der Waals surface area contributed by atoms with Crippen LogP contribution >= 0.6 is 0 Å². The van der Waals surface area contributed by atoms with Gasteiger partial charge in [0.05, 0.1) is 33.8 Å². The minimum atomic E-state index is -1.02. The van der Waals surface area contributed by atoms with Crippen LogP contribution in [0.15, 0.2) is 24.3 Å². The summed E-state index contributed by atoms with van der Waals surface area (Å²) >= 11 is 0. The Kier molecular flexibility index (Phi) is 3.63. The van der Waals surface area contributed by atoms with E-state index in [9.17, 15) is 9.90 Å². The van der Waals surface area contributed by atoms with Crippen LogP contribution in [0.1, 0.15) is 45.0 Å². The molecule has 0 saturated heterocycles. The second-order valence-electron chi connectivity index (χ2n) is 7.06. The standard InChI is InChI=1S/C17H18N2O2.K/c1-15(2)16(3)8-9-17(15,14(20)21)13-12(16)18-10-6-4-5-7-11(10)19-13;/h4-7H,8-9H2,1-3H3,(H,20,21);/q;+1/p-1. The predicted octanol–water partition coefficient (Wildman–Crippen LogP) is -1.29. The molecule has 1 saturated carbocycles. The van der Waals surface area contributed by atoms with Crippen molar-refractivity contribution >= 4 is 17.0 Å². The Hall–Kier alpha value is -0.334. The number of hydrogen-bond acceptors (Lipinski definition) is 4. The largest absolute Gasteiger partial charge is 1.00 e. The van der Waals surface area contributed by atoms with E-state index in [-0.39, 0.29) is 56.8 Å². The van der Waals surface area contributed by atoms with Crippen LogP contribution in [0.2, 0.25) is 0 Å². The number of carbonyl (C=O) groups is 1. The van der Waals surface area contributed by atoms with E-state index in [0.29, 0.717) is 12.1 Å². The zero-order valence-corrected chi connectivity index (χ0v) is 16.6. The summed E-state index contributed by atoms with van der Waals surface area (Å²) in [6.45, 7) is 6.15. The van der Waals surface area contributed by atoms with Crippen molar-refractivity contribution in [2.45, 2.75) is 44.4 Å². The molecular formula is C17H17KN2O2. The van der Waals surface area contributed by atoms with E-state index >= 15 is 0 Å². The van der Waals surface area contributed by atoms with Crippen LogP contribution < -0.4 is 56.5 Å². The van der Waals surface area contributed by atoms with Gasteiger partial charge in [-0.25, -0.2) is 9.97 Å². The number of benzene rings is 1. The van der Waals surface area contributed by atoms with Crippen LogP contribution in [-0.4, -0.2) is 15.9 Å². The Morgan fingerprint density at radius 1 is 1.05 bits per heavy atom. The Morgan fingerprint density at radius 3 is 2.14 bits per heavy atom. The molecule has 1 aromatic carbocycles. The number of nitrogens with zero attached hydrogens (tertiary/aromatic N) is 2. The molecule has 0 radical (unpaired) electrons. The average molecular weight is 320 g/mol. The molecule has 1 fully saturated rings. The fourth-order valence-corrected chi connectivity index (χ4v) is 4.50. The second-order valence-corrected chi connectivity index (χ2v) is 7.06. The third-order valence-corrected chi connectivity index (χ3v) is 6.29. The van der Waals surface area contributed by atoms with Gasteiger partial charge >= 0.3 is 51.4 Å². The first-order valence-corrected chi connectivity index (χ1v) is 7.34. The molecule has 2 aromatic rings. The van der Waals surface area contributed by atoms with E-state index < -0.39 is 16.8 Å². The van der Waals surface area contributed by atoms with Gasteiger partial charge in [-0.05, 0) is 30.4 Å². The first-order valence-electron chi connectivity index (χ1n) is 7.34. The molecule has 2 unspecified atom stereocenters. The van der Waals surface area contributed by atoms with E-state index in [1.54, 1.807) is 0 Å². The summed E-state index contributed by atoms with van der Waals surface area (Å²) in [5, 5.41) is 12.1. The van der Waals surface area contributed by atoms with Gasteiger partial charge in [-0.15, -0.1) is 0 Å². The molecule has 2 bridgehead atoms. The Morgan fingerprint density at radius 2 is 1.59 bits per heavy atom.